The van der Waals surface area contributed by atoms with Crippen molar-refractivity contribution in [2.75, 3.05) is 6.54 Å². The van der Waals surface area contributed by atoms with Crippen LogP contribution in [0.25, 0.3) is 0 Å². The molecule has 0 saturated carbocycles. The van der Waals surface area contributed by atoms with Gasteiger partial charge in [-0.3, -0.25) is 0 Å². The summed E-state index contributed by atoms with van der Waals surface area (Å²) in [6, 6.07) is 3.90. The van der Waals surface area contributed by atoms with Crippen molar-refractivity contribution in [1.82, 2.24) is 5.32 Å². The molecule has 1 aromatic carbocycles. The smallest absolute Gasteiger partial charge is 0.129 e. The standard InChI is InChI=1S/C18H26FN/c1-12-5-13(2)7-16(6-12)10-20-11-17-8-14(3)18(19)15(4)9-17/h5,8-9,12,16,20H,6-7,10-11H2,1-4H3. The number of hydrogen-bond acceptors (Lipinski definition) is 1. The van der Waals surface area contributed by atoms with Crippen LogP contribution in [-0.4, -0.2) is 6.54 Å². The average molecular weight is 275 g/mol. The molecule has 2 rings (SSSR count). The maximum Gasteiger partial charge on any atom is 0.129 e. The summed E-state index contributed by atoms with van der Waals surface area (Å²) < 4.78 is 13.6. The van der Waals surface area contributed by atoms with E-state index in [4.69, 9.17) is 0 Å². The Balaban J connectivity index is 1.86. The van der Waals surface area contributed by atoms with Crippen LogP contribution in [0.4, 0.5) is 4.39 Å². The van der Waals surface area contributed by atoms with Crippen LogP contribution in [0.1, 0.15) is 43.4 Å². The van der Waals surface area contributed by atoms with E-state index >= 15 is 0 Å². The lowest BCUT2D eigenvalue weighted by molar-refractivity contribution is 0.381. The van der Waals surface area contributed by atoms with Crippen LogP contribution < -0.4 is 5.32 Å². The second-order valence-corrected chi connectivity index (χ2v) is 6.47. The summed E-state index contributed by atoms with van der Waals surface area (Å²) in [6.07, 6.45) is 4.87. The van der Waals surface area contributed by atoms with Crippen molar-refractivity contribution in [3.05, 3.63) is 46.3 Å². The fraction of sp³-hybridized carbons (Fsp3) is 0.556. The Hall–Kier alpha value is -1.15. The quantitative estimate of drug-likeness (QED) is 0.796. The number of nitrogens with one attached hydrogen (secondary N) is 1. The Bertz CT molecular complexity index is 481. The van der Waals surface area contributed by atoms with Gasteiger partial charge < -0.3 is 5.32 Å². The summed E-state index contributed by atoms with van der Waals surface area (Å²) in [5.74, 6) is 1.36. The first-order valence-corrected chi connectivity index (χ1v) is 7.59. The second-order valence-electron chi connectivity index (χ2n) is 6.47. The minimum Gasteiger partial charge on any atom is -0.312 e. The first kappa shape index (κ1) is 15.2. The summed E-state index contributed by atoms with van der Waals surface area (Å²) in [4.78, 5) is 0. The van der Waals surface area contributed by atoms with Crippen LogP contribution in [0, 0.1) is 31.5 Å². The van der Waals surface area contributed by atoms with E-state index < -0.39 is 0 Å². The molecule has 1 aliphatic rings. The van der Waals surface area contributed by atoms with Gasteiger partial charge in [0.15, 0.2) is 0 Å². The summed E-state index contributed by atoms with van der Waals surface area (Å²) in [5, 5.41) is 3.54. The molecule has 1 aromatic rings. The van der Waals surface area contributed by atoms with Gasteiger partial charge in [0.2, 0.25) is 0 Å². The molecule has 2 heteroatoms. The van der Waals surface area contributed by atoms with Crippen LogP contribution in [0.15, 0.2) is 23.8 Å². The van der Waals surface area contributed by atoms with Crippen LogP contribution in [0.2, 0.25) is 0 Å². The molecule has 0 fully saturated rings. The van der Waals surface area contributed by atoms with E-state index in [1.165, 1.54) is 24.0 Å². The van der Waals surface area contributed by atoms with Gasteiger partial charge in [-0.2, -0.15) is 0 Å². The maximum absolute atomic E-state index is 13.6. The molecule has 2 atom stereocenters. The lowest BCUT2D eigenvalue weighted by Crippen LogP contribution is -2.26. The van der Waals surface area contributed by atoms with Gasteiger partial charge in [0, 0.05) is 6.54 Å². The summed E-state index contributed by atoms with van der Waals surface area (Å²) in [6.45, 7) is 10.1. The topological polar surface area (TPSA) is 12.0 Å². The molecule has 1 aliphatic carbocycles. The molecule has 0 heterocycles. The molecule has 0 aromatic heterocycles. The van der Waals surface area contributed by atoms with Crippen molar-refractivity contribution >= 4 is 0 Å². The highest BCUT2D eigenvalue weighted by Gasteiger charge is 2.17. The predicted molar refractivity (Wildman–Crippen MR) is 83.2 cm³/mol. The Kier molecular flexibility index (Phi) is 4.98. The molecule has 0 saturated heterocycles. The van der Waals surface area contributed by atoms with Gasteiger partial charge in [-0.15, -0.1) is 0 Å². The molecular weight excluding hydrogens is 249 g/mol. The minimum absolute atomic E-state index is 0.0735. The highest BCUT2D eigenvalue weighted by molar-refractivity contribution is 5.30. The fourth-order valence-corrected chi connectivity index (χ4v) is 3.40. The predicted octanol–water partition coefficient (Wildman–Crippen LogP) is 4.52. The van der Waals surface area contributed by atoms with E-state index in [0.29, 0.717) is 5.92 Å². The molecule has 0 aliphatic heterocycles. The van der Waals surface area contributed by atoms with Gasteiger partial charge in [0.25, 0.3) is 0 Å². The third-order valence-corrected chi connectivity index (χ3v) is 4.14. The van der Waals surface area contributed by atoms with E-state index in [2.05, 4.69) is 25.2 Å². The van der Waals surface area contributed by atoms with Crippen molar-refractivity contribution in [2.24, 2.45) is 11.8 Å². The van der Waals surface area contributed by atoms with E-state index in [9.17, 15) is 4.39 Å². The van der Waals surface area contributed by atoms with Crippen molar-refractivity contribution in [3.63, 3.8) is 0 Å². The number of hydrogen-bond donors (Lipinski definition) is 1. The van der Waals surface area contributed by atoms with Crippen molar-refractivity contribution in [3.8, 4) is 0 Å². The number of benzene rings is 1. The molecule has 0 amide bonds. The molecule has 2 unspecified atom stereocenters. The lowest BCUT2D eigenvalue weighted by Gasteiger charge is -2.25. The maximum atomic E-state index is 13.6. The number of halogens is 1. The second kappa shape index (κ2) is 6.53. The molecule has 1 N–H and O–H groups in total. The van der Waals surface area contributed by atoms with Gasteiger partial charge in [-0.25, -0.2) is 4.39 Å². The normalized spacial score (nSPS) is 22.8. The summed E-state index contributed by atoms with van der Waals surface area (Å²) in [7, 11) is 0. The molecular formula is C18H26FN. The largest absolute Gasteiger partial charge is 0.312 e. The lowest BCUT2D eigenvalue weighted by atomic mass is 9.84. The molecule has 0 spiro atoms. The Morgan fingerprint density at radius 3 is 2.45 bits per heavy atom. The zero-order chi connectivity index (χ0) is 14.7. The first-order chi connectivity index (χ1) is 9.45. The zero-order valence-corrected chi connectivity index (χ0v) is 13.1. The highest BCUT2D eigenvalue weighted by atomic mass is 19.1. The Labute approximate surface area is 122 Å². The van der Waals surface area contributed by atoms with Crippen molar-refractivity contribution in [1.29, 1.82) is 0 Å². The van der Waals surface area contributed by atoms with E-state index in [0.717, 1.165) is 30.1 Å². The molecule has 110 valence electrons. The van der Waals surface area contributed by atoms with Gasteiger partial charge in [0.05, 0.1) is 0 Å². The highest BCUT2D eigenvalue weighted by Crippen LogP contribution is 2.27. The first-order valence-electron chi connectivity index (χ1n) is 7.59. The monoisotopic (exact) mass is 275 g/mol. The molecule has 0 radical (unpaired) electrons. The van der Waals surface area contributed by atoms with Gasteiger partial charge in [-0.05, 0) is 68.7 Å². The summed E-state index contributed by atoms with van der Waals surface area (Å²) >= 11 is 0. The molecule has 0 bridgehead atoms. The van der Waals surface area contributed by atoms with Crippen LogP contribution in [0.3, 0.4) is 0 Å². The zero-order valence-electron chi connectivity index (χ0n) is 13.1. The summed E-state index contributed by atoms with van der Waals surface area (Å²) in [5.41, 5.74) is 4.18. The number of aryl methyl sites for hydroxylation is 2. The Morgan fingerprint density at radius 1 is 1.20 bits per heavy atom. The van der Waals surface area contributed by atoms with Gasteiger partial charge in [0.1, 0.15) is 5.82 Å². The average Bonchev–Trinajstić information content (AvgIpc) is 2.34. The van der Waals surface area contributed by atoms with Crippen LogP contribution in [-0.2, 0) is 6.54 Å². The third-order valence-electron chi connectivity index (χ3n) is 4.14. The Morgan fingerprint density at radius 2 is 1.85 bits per heavy atom. The van der Waals surface area contributed by atoms with Gasteiger partial charge >= 0.3 is 0 Å². The third kappa shape index (κ3) is 3.92. The fourth-order valence-electron chi connectivity index (χ4n) is 3.40. The molecule has 1 nitrogen and oxygen atoms in total. The number of allylic oxidation sites excluding steroid dienone is 2. The van der Waals surface area contributed by atoms with Crippen molar-refractivity contribution in [2.45, 2.75) is 47.1 Å². The van der Waals surface area contributed by atoms with E-state index in [1.807, 2.05) is 26.0 Å². The van der Waals surface area contributed by atoms with E-state index in [1.54, 1.807) is 0 Å². The molecule has 20 heavy (non-hydrogen) atoms. The number of rotatable bonds is 4. The minimum atomic E-state index is -0.0735. The van der Waals surface area contributed by atoms with Gasteiger partial charge in [-0.1, -0.05) is 30.7 Å². The van der Waals surface area contributed by atoms with Crippen molar-refractivity contribution < 1.29 is 4.39 Å². The van der Waals surface area contributed by atoms with E-state index in [-0.39, 0.29) is 5.82 Å². The van der Waals surface area contributed by atoms with Crippen LogP contribution in [0.5, 0.6) is 0 Å². The SMILES string of the molecule is CC1=CC(C)CC(CNCc2cc(C)c(F)c(C)c2)C1. The van der Waals surface area contributed by atoms with Crippen LogP contribution >= 0.6 is 0 Å².